The van der Waals surface area contributed by atoms with Gasteiger partial charge in [-0.05, 0) is 32.8 Å². The lowest BCUT2D eigenvalue weighted by atomic mass is 9.83. The van der Waals surface area contributed by atoms with Crippen LogP contribution in [-0.2, 0) is 10.3 Å². The molecule has 1 aromatic heterocycles. The van der Waals surface area contributed by atoms with Gasteiger partial charge in [-0.3, -0.25) is 4.79 Å². The summed E-state index contributed by atoms with van der Waals surface area (Å²) in [6.07, 6.45) is 6.18. The minimum Gasteiger partial charge on any atom is -0.367 e. The van der Waals surface area contributed by atoms with Crippen molar-refractivity contribution < 1.29 is 9.53 Å². The molecule has 1 aliphatic carbocycles. The Morgan fingerprint density at radius 3 is 2.67 bits per heavy atom. The fraction of sp³-hybridized carbons (Fsp3) is 0.643. The summed E-state index contributed by atoms with van der Waals surface area (Å²) >= 11 is 0. The molecule has 0 aliphatic heterocycles. The smallest absolute Gasteiger partial charge is 0.168 e. The van der Waals surface area contributed by atoms with Gasteiger partial charge in [0, 0.05) is 12.3 Å². The lowest BCUT2D eigenvalue weighted by Crippen LogP contribution is -2.35. The summed E-state index contributed by atoms with van der Waals surface area (Å²) in [7, 11) is 0. The average molecular weight is 248 g/mol. The zero-order chi connectivity index (χ0) is 13.0. The van der Waals surface area contributed by atoms with E-state index in [2.05, 4.69) is 9.97 Å². The molecule has 1 fully saturated rings. The number of aldehydes is 1. The summed E-state index contributed by atoms with van der Waals surface area (Å²) < 4.78 is 5.97. The van der Waals surface area contributed by atoms with E-state index in [1.165, 1.54) is 6.42 Å². The van der Waals surface area contributed by atoms with Crippen LogP contribution in [0.1, 0.15) is 61.0 Å². The molecular formula is C14H20N2O2. The van der Waals surface area contributed by atoms with Gasteiger partial charge < -0.3 is 4.74 Å². The first kappa shape index (κ1) is 13.1. The van der Waals surface area contributed by atoms with Gasteiger partial charge in [-0.1, -0.05) is 19.3 Å². The fourth-order valence-corrected chi connectivity index (χ4v) is 2.69. The maximum atomic E-state index is 10.9. The highest BCUT2D eigenvalue weighted by Gasteiger charge is 2.37. The fourth-order valence-electron chi connectivity index (χ4n) is 2.69. The summed E-state index contributed by atoms with van der Waals surface area (Å²) in [6, 6.07) is 1.71. The summed E-state index contributed by atoms with van der Waals surface area (Å²) in [5.41, 5.74) is 0.894. The lowest BCUT2D eigenvalue weighted by Gasteiger charge is -2.35. The number of aryl methyl sites for hydroxylation is 1. The number of aromatic nitrogens is 2. The number of hydrogen-bond donors (Lipinski definition) is 0. The molecule has 1 saturated carbocycles. The highest BCUT2D eigenvalue weighted by Crippen LogP contribution is 2.38. The van der Waals surface area contributed by atoms with Crippen LogP contribution in [0, 0.1) is 6.92 Å². The third-order valence-electron chi connectivity index (χ3n) is 3.48. The third kappa shape index (κ3) is 2.58. The van der Waals surface area contributed by atoms with Crippen LogP contribution in [-0.4, -0.2) is 22.9 Å². The minimum absolute atomic E-state index is 0.378. The van der Waals surface area contributed by atoms with Crippen molar-refractivity contribution in [1.82, 2.24) is 9.97 Å². The molecule has 0 N–H and O–H groups in total. The Kier molecular flexibility index (Phi) is 4.07. The Morgan fingerprint density at radius 2 is 2.06 bits per heavy atom. The molecule has 1 heterocycles. The minimum atomic E-state index is -0.378. The Hall–Kier alpha value is -1.29. The molecular weight excluding hydrogens is 228 g/mol. The van der Waals surface area contributed by atoms with Crippen LogP contribution in [0.5, 0.6) is 0 Å². The van der Waals surface area contributed by atoms with Crippen molar-refractivity contribution >= 4 is 6.29 Å². The molecule has 0 bridgehead atoms. The van der Waals surface area contributed by atoms with Crippen molar-refractivity contribution in [3.8, 4) is 0 Å². The van der Waals surface area contributed by atoms with E-state index in [4.69, 9.17) is 4.74 Å². The second-order valence-electron chi connectivity index (χ2n) is 4.86. The molecule has 4 heteroatoms. The first-order valence-corrected chi connectivity index (χ1v) is 6.65. The second-order valence-corrected chi connectivity index (χ2v) is 4.86. The predicted molar refractivity (Wildman–Crippen MR) is 68.5 cm³/mol. The summed E-state index contributed by atoms with van der Waals surface area (Å²) in [6.45, 7) is 4.53. The molecule has 0 unspecified atom stereocenters. The Bertz CT molecular complexity index is 420. The van der Waals surface area contributed by atoms with E-state index in [0.717, 1.165) is 37.7 Å². The second kappa shape index (κ2) is 5.57. The highest BCUT2D eigenvalue weighted by molar-refractivity contribution is 5.71. The number of carbonyl (C=O) groups is 1. The van der Waals surface area contributed by atoms with Crippen LogP contribution in [0.2, 0.25) is 0 Å². The standard InChI is InChI=1S/C14H20N2O2/c1-3-18-14(7-5-4-6-8-14)13-15-11(2)9-12(10-17)16-13/h9-10H,3-8H2,1-2H3. The van der Waals surface area contributed by atoms with Gasteiger partial charge in [0.2, 0.25) is 0 Å². The van der Waals surface area contributed by atoms with Crippen molar-refractivity contribution in [1.29, 1.82) is 0 Å². The first-order chi connectivity index (χ1) is 8.70. The SMILES string of the molecule is CCOC1(c2nc(C)cc(C=O)n2)CCCCC1. The third-order valence-corrected chi connectivity index (χ3v) is 3.48. The quantitative estimate of drug-likeness (QED) is 0.769. The average Bonchev–Trinajstić information content (AvgIpc) is 2.39. The zero-order valence-electron chi connectivity index (χ0n) is 11.1. The molecule has 18 heavy (non-hydrogen) atoms. The molecule has 0 spiro atoms. The topological polar surface area (TPSA) is 52.1 Å². The van der Waals surface area contributed by atoms with Crippen molar-refractivity contribution in [2.45, 2.75) is 51.6 Å². The molecule has 1 aliphatic rings. The van der Waals surface area contributed by atoms with Gasteiger partial charge in [0.25, 0.3) is 0 Å². The lowest BCUT2D eigenvalue weighted by molar-refractivity contribution is -0.0768. The van der Waals surface area contributed by atoms with E-state index in [9.17, 15) is 4.79 Å². The van der Waals surface area contributed by atoms with Crippen molar-refractivity contribution in [2.75, 3.05) is 6.61 Å². The van der Waals surface area contributed by atoms with Crippen LogP contribution in [0.3, 0.4) is 0 Å². The number of ether oxygens (including phenoxy) is 1. The van der Waals surface area contributed by atoms with Crippen molar-refractivity contribution in [3.05, 3.63) is 23.3 Å². The van der Waals surface area contributed by atoms with E-state index in [1.807, 2.05) is 13.8 Å². The van der Waals surface area contributed by atoms with Gasteiger partial charge in [0.1, 0.15) is 11.3 Å². The summed E-state index contributed by atoms with van der Waals surface area (Å²) in [4.78, 5) is 19.8. The van der Waals surface area contributed by atoms with Crippen LogP contribution in [0.15, 0.2) is 6.07 Å². The van der Waals surface area contributed by atoms with E-state index in [0.29, 0.717) is 18.1 Å². The molecule has 2 rings (SSSR count). The molecule has 0 saturated heterocycles. The molecule has 0 aromatic carbocycles. The van der Waals surface area contributed by atoms with Gasteiger partial charge in [0.05, 0.1) is 0 Å². The molecule has 0 atom stereocenters. The van der Waals surface area contributed by atoms with Gasteiger partial charge >= 0.3 is 0 Å². The zero-order valence-corrected chi connectivity index (χ0v) is 11.1. The summed E-state index contributed by atoms with van der Waals surface area (Å²) in [5.74, 6) is 0.686. The van der Waals surface area contributed by atoms with E-state index in [1.54, 1.807) is 6.07 Å². The number of carbonyl (C=O) groups excluding carboxylic acids is 1. The Labute approximate surface area is 108 Å². The van der Waals surface area contributed by atoms with Crippen LogP contribution in [0.25, 0.3) is 0 Å². The van der Waals surface area contributed by atoms with E-state index in [-0.39, 0.29) is 5.60 Å². The first-order valence-electron chi connectivity index (χ1n) is 6.65. The van der Waals surface area contributed by atoms with Crippen molar-refractivity contribution in [3.63, 3.8) is 0 Å². The maximum Gasteiger partial charge on any atom is 0.168 e. The van der Waals surface area contributed by atoms with Crippen LogP contribution >= 0.6 is 0 Å². The van der Waals surface area contributed by atoms with Gasteiger partial charge in [-0.15, -0.1) is 0 Å². The van der Waals surface area contributed by atoms with Gasteiger partial charge in [-0.2, -0.15) is 0 Å². The Morgan fingerprint density at radius 1 is 1.33 bits per heavy atom. The molecule has 0 radical (unpaired) electrons. The van der Waals surface area contributed by atoms with Crippen LogP contribution in [0.4, 0.5) is 0 Å². The molecule has 0 amide bonds. The highest BCUT2D eigenvalue weighted by atomic mass is 16.5. The normalized spacial score (nSPS) is 18.6. The molecule has 98 valence electrons. The van der Waals surface area contributed by atoms with Crippen molar-refractivity contribution in [2.24, 2.45) is 0 Å². The van der Waals surface area contributed by atoms with Crippen LogP contribution < -0.4 is 0 Å². The predicted octanol–water partition coefficient (Wildman–Crippen LogP) is 2.79. The van der Waals surface area contributed by atoms with E-state index >= 15 is 0 Å². The number of nitrogens with zero attached hydrogens (tertiary/aromatic N) is 2. The van der Waals surface area contributed by atoms with Gasteiger partial charge in [-0.25, -0.2) is 9.97 Å². The summed E-state index contributed by atoms with van der Waals surface area (Å²) in [5, 5.41) is 0. The monoisotopic (exact) mass is 248 g/mol. The molecule has 1 aromatic rings. The number of rotatable bonds is 4. The largest absolute Gasteiger partial charge is 0.367 e. The van der Waals surface area contributed by atoms with E-state index < -0.39 is 0 Å². The maximum absolute atomic E-state index is 10.9. The van der Waals surface area contributed by atoms with Gasteiger partial charge in [0.15, 0.2) is 12.1 Å². The number of hydrogen-bond acceptors (Lipinski definition) is 4. The molecule has 4 nitrogen and oxygen atoms in total. The Balaban J connectivity index is 2.40.